The lowest BCUT2D eigenvalue weighted by atomic mass is 9.91. The number of amides is 1. The van der Waals surface area contributed by atoms with Gasteiger partial charge in [0.25, 0.3) is 0 Å². The van der Waals surface area contributed by atoms with E-state index < -0.39 is 0 Å². The van der Waals surface area contributed by atoms with E-state index in [-0.39, 0.29) is 23.0 Å². The summed E-state index contributed by atoms with van der Waals surface area (Å²) in [5.41, 5.74) is 5.88. The molecule has 0 aromatic carbocycles. The average molecular weight is 325 g/mol. The van der Waals surface area contributed by atoms with Crippen molar-refractivity contribution >= 4 is 5.91 Å². The molecule has 0 aliphatic carbocycles. The first kappa shape index (κ1) is 18.7. The van der Waals surface area contributed by atoms with Crippen molar-refractivity contribution in [1.82, 2.24) is 14.7 Å². The van der Waals surface area contributed by atoms with Gasteiger partial charge < -0.3 is 10.6 Å². The van der Waals surface area contributed by atoms with E-state index in [0.717, 1.165) is 32.6 Å². The summed E-state index contributed by atoms with van der Waals surface area (Å²) < 4.78 is 0. The number of primary amides is 1. The highest BCUT2D eigenvalue weighted by Crippen LogP contribution is 2.35. The Morgan fingerprint density at radius 1 is 1.00 bits per heavy atom. The fourth-order valence-corrected chi connectivity index (χ4v) is 4.18. The minimum absolute atomic E-state index is 0.0224. The maximum absolute atomic E-state index is 11.9. The maximum atomic E-state index is 11.9. The van der Waals surface area contributed by atoms with Crippen LogP contribution in [0.1, 0.15) is 48.0 Å². The Bertz CT molecular complexity index is 437. The quantitative estimate of drug-likeness (QED) is 0.834. The summed E-state index contributed by atoms with van der Waals surface area (Å²) in [6.45, 7) is 17.7. The molecule has 0 bridgehead atoms. The lowest BCUT2D eigenvalue weighted by Crippen LogP contribution is -2.59. The Balaban J connectivity index is 2.16. The van der Waals surface area contributed by atoms with E-state index in [1.165, 1.54) is 0 Å². The predicted molar refractivity (Wildman–Crippen MR) is 95.3 cm³/mol. The van der Waals surface area contributed by atoms with E-state index in [0.29, 0.717) is 12.0 Å². The molecule has 0 radical (unpaired) electrons. The Labute approximate surface area is 142 Å². The third kappa shape index (κ3) is 4.06. The fraction of sp³-hybridized carbons (Fsp3) is 0.944. The van der Waals surface area contributed by atoms with E-state index in [4.69, 9.17) is 5.73 Å². The highest BCUT2D eigenvalue weighted by Gasteiger charge is 2.46. The van der Waals surface area contributed by atoms with Crippen molar-refractivity contribution in [3.63, 3.8) is 0 Å². The van der Waals surface area contributed by atoms with Gasteiger partial charge in [0.2, 0.25) is 5.91 Å². The first-order valence-electron chi connectivity index (χ1n) is 8.92. The first-order valence-corrected chi connectivity index (χ1v) is 8.92. The number of hydrogen-bond donors (Lipinski definition) is 1. The van der Waals surface area contributed by atoms with Gasteiger partial charge in [0, 0.05) is 43.3 Å². The summed E-state index contributed by atoms with van der Waals surface area (Å²) in [7, 11) is 2.23. The number of rotatable bonds is 2. The Hall–Kier alpha value is -0.650. The van der Waals surface area contributed by atoms with E-state index >= 15 is 0 Å². The van der Waals surface area contributed by atoms with Crippen LogP contribution in [0.2, 0.25) is 0 Å². The Morgan fingerprint density at radius 2 is 1.61 bits per heavy atom. The van der Waals surface area contributed by atoms with Crippen molar-refractivity contribution in [2.45, 2.75) is 71.1 Å². The van der Waals surface area contributed by atoms with Crippen LogP contribution in [0.5, 0.6) is 0 Å². The van der Waals surface area contributed by atoms with E-state index in [1.54, 1.807) is 0 Å². The van der Waals surface area contributed by atoms with Gasteiger partial charge >= 0.3 is 0 Å². The van der Waals surface area contributed by atoms with Gasteiger partial charge in [-0.2, -0.15) is 0 Å². The van der Waals surface area contributed by atoms with E-state index in [2.05, 4.69) is 63.3 Å². The van der Waals surface area contributed by atoms with Crippen molar-refractivity contribution in [1.29, 1.82) is 0 Å². The van der Waals surface area contributed by atoms with Crippen LogP contribution in [0, 0.1) is 5.92 Å². The molecule has 3 atom stereocenters. The van der Waals surface area contributed by atoms with Gasteiger partial charge in [-0.1, -0.05) is 0 Å². The average Bonchev–Trinajstić information content (AvgIpc) is 2.82. The fourth-order valence-electron chi connectivity index (χ4n) is 4.18. The summed E-state index contributed by atoms with van der Waals surface area (Å²) in [4.78, 5) is 19.3. The summed E-state index contributed by atoms with van der Waals surface area (Å²) in [6.07, 6.45) is 0.888. The zero-order valence-corrected chi connectivity index (χ0v) is 16.1. The second-order valence-electron chi connectivity index (χ2n) is 9.40. The molecule has 2 N–H and O–H groups in total. The van der Waals surface area contributed by atoms with Crippen LogP contribution in [-0.4, -0.2) is 77.0 Å². The third-order valence-corrected chi connectivity index (χ3v) is 5.71. The second-order valence-corrected chi connectivity index (χ2v) is 9.40. The summed E-state index contributed by atoms with van der Waals surface area (Å²) in [5, 5.41) is 0. The van der Waals surface area contributed by atoms with Gasteiger partial charge in [-0.15, -0.1) is 0 Å². The molecule has 2 fully saturated rings. The van der Waals surface area contributed by atoms with Gasteiger partial charge in [-0.25, -0.2) is 0 Å². The highest BCUT2D eigenvalue weighted by atomic mass is 16.1. The number of carbonyl (C=O) groups is 1. The lowest BCUT2D eigenvalue weighted by molar-refractivity contribution is -0.123. The van der Waals surface area contributed by atoms with E-state index in [9.17, 15) is 4.79 Å². The second kappa shape index (κ2) is 6.34. The zero-order valence-electron chi connectivity index (χ0n) is 16.1. The molecule has 134 valence electrons. The molecule has 3 unspecified atom stereocenters. The van der Waals surface area contributed by atoms with Crippen LogP contribution in [0.25, 0.3) is 0 Å². The molecule has 2 heterocycles. The number of likely N-dealkylation sites (N-methyl/N-ethyl adjacent to an activating group) is 1. The number of nitrogens with zero attached hydrogens (tertiary/aromatic N) is 3. The van der Waals surface area contributed by atoms with Crippen LogP contribution < -0.4 is 5.73 Å². The Morgan fingerprint density at radius 3 is 2.04 bits per heavy atom. The van der Waals surface area contributed by atoms with Crippen molar-refractivity contribution in [2.75, 3.05) is 33.2 Å². The Kier molecular flexibility index (Phi) is 5.15. The number of hydrogen-bond acceptors (Lipinski definition) is 4. The normalized spacial score (nSPS) is 32.4. The summed E-state index contributed by atoms with van der Waals surface area (Å²) in [6, 6.07) is 0.371. The molecule has 1 amide bonds. The first-order chi connectivity index (χ1) is 10.4. The molecular formula is C18H36N4O. The summed E-state index contributed by atoms with van der Waals surface area (Å²) >= 11 is 0. The predicted octanol–water partition coefficient (Wildman–Crippen LogP) is 1.38. The standard InChI is InChI=1S/C18H36N4O/c1-17(2,3)21-9-8-20(7)15(12-21)13-10-14(16(19)23)22(11-13)18(4,5)6/h13-15H,8-12H2,1-7H3,(H2,19,23). The monoisotopic (exact) mass is 324 g/mol. The lowest BCUT2D eigenvalue weighted by Gasteiger charge is -2.47. The molecule has 0 saturated carbocycles. The minimum atomic E-state index is -0.173. The number of nitrogens with two attached hydrogens (primary N) is 1. The third-order valence-electron chi connectivity index (χ3n) is 5.71. The molecule has 0 aromatic rings. The molecule has 0 spiro atoms. The molecular weight excluding hydrogens is 288 g/mol. The van der Waals surface area contributed by atoms with E-state index in [1.807, 2.05) is 0 Å². The molecule has 2 aliphatic heterocycles. The molecule has 23 heavy (non-hydrogen) atoms. The van der Waals surface area contributed by atoms with Gasteiger partial charge in [-0.3, -0.25) is 14.6 Å². The van der Waals surface area contributed by atoms with Crippen molar-refractivity contribution < 1.29 is 4.79 Å². The van der Waals surface area contributed by atoms with Gasteiger partial charge in [0.1, 0.15) is 0 Å². The van der Waals surface area contributed by atoms with Crippen LogP contribution in [-0.2, 0) is 4.79 Å². The van der Waals surface area contributed by atoms with Crippen LogP contribution >= 0.6 is 0 Å². The molecule has 5 heteroatoms. The van der Waals surface area contributed by atoms with Crippen LogP contribution in [0.4, 0.5) is 0 Å². The van der Waals surface area contributed by atoms with Gasteiger partial charge in [0.05, 0.1) is 6.04 Å². The molecule has 5 nitrogen and oxygen atoms in total. The maximum Gasteiger partial charge on any atom is 0.234 e. The smallest absolute Gasteiger partial charge is 0.234 e. The number of carbonyl (C=O) groups excluding carboxylic acids is 1. The SMILES string of the molecule is CN1CCN(C(C)(C)C)CC1C1CC(C(N)=O)N(C(C)(C)C)C1. The largest absolute Gasteiger partial charge is 0.368 e. The molecule has 2 aliphatic rings. The van der Waals surface area contributed by atoms with Crippen molar-refractivity contribution in [3.05, 3.63) is 0 Å². The molecule has 0 aromatic heterocycles. The molecule has 2 saturated heterocycles. The van der Waals surface area contributed by atoms with Crippen molar-refractivity contribution in [3.8, 4) is 0 Å². The number of piperazine rings is 1. The van der Waals surface area contributed by atoms with Crippen LogP contribution in [0.3, 0.4) is 0 Å². The highest BCUT2D eigenvalue weighted by molar-refractivity contribution is 5.80. The van der Waals surface area contributed by atoms with Crippen LogP contribution in [0.15, 0.2) is 0 Å². The zero-order chi connectivity index (χ0) is 17.6. The number of likely N-dealkylation sites (tertiary alicyclic amines) is 1. The summed E-state index contributed by atoms with van der Waals surface area (Å²) in [5.74, 6) is 0.329. The van der Waals surface area contributed by atoms with Gasteiger partial charge in [0.15, 0.2) is 0 Å². The molecule has 2 rings (SSSR count). The topological polar surface area (TPSA) is 52.8 Å². The van der Waals surface area contributed by atoms with Gasteiger partial charge in [-0.05, 0) is 60.9 Å². The van der Waals surface area contributed by atoms with Crippen molar-refractivity contribution in [2.24, 2.45) is 11.7 Å². The minimum Gasteiger partial charge on any atom is -0.368 e.